The van der Waals surface area contributed by atoms with Crippen LogP contribution in [0.5, 0.6) is 0 Å². The van der Waals surface area contributed by atoms with Crippen molar-refractivity contribution in [2.45, 2.75) is 0 Å². The zero-order chi connectivity index (χ0) is 0. The fourth-order valence-corrected chi connectivity index (χ4v) is 0. The maximum absolute atomic E-state index is 0. The summed E-state index contributed by atoms with van der Waals surface area (Å²) >= 11 is 0. The van der Waals surface area contributed by atoms with Crippen LogP contribution in [0.3, 0.4) is 0 Å². The van der Waals surface area contributed by atoms with Gasteiger partial charge in [-0.3, -0.25) is 0 Å². The molecule has 0 saturated heterocycles. The average molecular weight is 439 g/mol. The molecule has 0 amide bonds. The van der Waals surface area contributed by atoms with Crippen molar-refractivity contribution < 1.29 is 96.7 Å². The van der Waals surface area contributed by atoms with E-state index in [2.05, 4.69) is 0 Å². The van der Waals surface area contributed by atoms with Gasteiger partial charge in [0, 0.05) is 96.7 Å². The zero-order valence-electron chi connectivity index (χ0n) is 1.60. The summed E-state index contributed by atoms with van der Waals surface area (Å²) in [6, 6.07) is 0. The van der Waals surface area contributed by atoms with Crippen molar-refractivity contribution in [2.75, 3.05) is 0 Å². The van der Waals surface area contributed by atoms with Gasteiger partial charge in [0.25, 0.3) is 0 Å². The Morgan fingerprint density at radius 2 is 1.00 bits per heavy atom. The Balaban J connectivity index is 0. The summed E-state index contributed by atoms with van der Waals surface area (Å²) in [5.74, 6) is 0. The SMILES string of the molecule is [Ce].[Co].[Fe].[W]. The van der Waals surface area contributed by atoms with Crippen LogP contribution in [0.15, 0.2) is 0 Å². The minimum atomic E-state index is 0. The Morgan fingerprint density at radius 1 is 1.00 bits per heavy atom. The first-order valence-corrected chi connectivity index (χ1v) is 0. The van der Waals surface area contributed by atoms with Crippen LogP contribution in [0, 0.1) is 41.7 Å². The Bertz CT molecular complexity index is 8.00. The zero-order valence-corrected chi connectivity index (χ0v) is 9.81. The molecule has 0 rings (SSSR count). The van der Waals surface area contributed by atoms with Gasteiger partial charge in [-0.15, -0.1) is 0 Å². The largest absolute Gasteiger partial charge is 0 e. The molecule has 0 aliphatic carbocycles. The van der Waals surface area contributed by atoms with Crippen molar-refractivity contribution in [3.8, 4) is 0 Å². The quantitative estimate of drug-likeness (QED) is 0.467. The van der Waals surface area contributed by atoms with E-state index < -0.39 is 0 Å². The van der Waals surface area contributed by atoms with Gasteiger partial charge < -0.3 is 0 Å². The third kappa shape index (κ3) is 8.92. The van der Waals surface area contributed by atoms with Crippen molar-refractivity contribution in [1.29, 1.82) is 0 Å². The van der Waals surface area contributed by atoms with E-state index in [0.717, 1.165) is 0 Å². The topological polar surface area (TPSA) is 0 Å². The van der Waals surface area contributed by atoms with Gasteiger partial charge in [-0.1, -0.05) is 0 Å². The van der Waals surface area contributed by atoms with Crippen LogP contribution >= 0.6 is 0 Å². The normalized spacial score (nSPS) is 0. The van der Waals surface area contributed by atoms with E-state index in [1.165, 1.54) is 0 Å². The molecule has 0 spiro atoms. The van der Waals surface area contributed by atoms with Crippen LogP contribution in [-0.4, -0.2) is 0 Å². The van der Waals surface area contributed by atoms with Crippen LogP contribution in [0.2, 0.25) is 0 Å². The van der Waals surface area contributed by atoms with Crippen molar-refractivity contribution in [1.82, 2.24) is 0 Å². The molecule has 0 nitrogen and oxygen atoms in total. The van der Waals surface area contributed by atoms with Crippen LogP contribution in [0.4, 0.5) is 0 Å². The molecular formula is CeCoFeW. The predicted molar refractivity (Wildman–Crippen MR) is 0 cm³/mol. The third-order valence-electron chi connectivity index (χ3n) is 0. The Labute approximate surface area is 94.6 Å². The molecule has 0 atom stereocenters. The van der Waals surface area contributed by atoms with Gasteiger partial charge in [0.05, 0.1) is 0 Å². The van der Waals surface area contributed by atoms with Crippen LogP contribution < -0.4 is 0 Å². The summed E-state index contributed by atoms with van der Waals surface area (Å²) in [5, 5.41) is 0. The van der Waals surface area contributed by atoms with Gasteiger partial charge in [0.15, 0.2) is 0 Å². The number of rotatable bonds is 0. The molecule has 0 N–H and O–H groups in total. The van der Waals surface area contributed by atoms with Gasteiger partial charge in [-0.25, -0.2) is 0 Å². The first-order chi connectivity index (χ1) is 0. The molecule has 0 fully saturated rings. The second-order valence-electron chi connectivity index (χ2n) is 0. The second-order valence-corrected chi connectivity index (χ2v) is 0. The molecule has 27 valence electrons. The molecule has 0 aromatic rings. The summed E-state index contributed by atoms with van der Waals surface area (Å²) in [5.41, 5.74) is 0. The smallest absolute Gasteiger partial charge is 0 e. The monoisotopic (exact) mass is 439 g/mol. The summed E-state index contributed by atoms with van der Waals surface area (Å²) in [6.45, 7) is 0. The van der Waals surface area contributed by atoms with Gasteiger partial charge in [-0.2, -0.15) is 0 Å². The van der Waals surface area contributed by atoms with Crippen molar-refractivity contribution in [3.63, 3.8) is 0 Å². The van der Waals surface area contributed by atoms with E-state index in [1.807, 2.05) is 0 Å². The van der Waals surface area contributed by atoms with Gasteiger partial charge in [-0.05, 0) is 0 Å². The van der Waals surface area contributed by atoms with E-state index in [4.69, 9.17) is 0 Å². The fourth-order valence-electron chi connectivity index (χ4n) is 0. The molecule has 4 heavy (non-hydrogen) atoms. The molecule has 0 saturated carbocycles. The summed E-state index contributed by atoms with van der Waals surface area (Å²) < 4.78 is 0. The van der Waals surface area contributed by atoms with Crippen LogP contribution in [0.25, 0.3) is 0 Å². The first kappa shape index (κ1) is 27.5. The van der Waals surface area contributed by atoms with Crippen molar-refractivity contribution in [2.24, 2.45) is 0 Å². The van der Waals surface area contributed by atoms with E-state index in [1.54, 1.807) is 0 Å². The van der Waals surface area contributed by atoms with Crippen LogP contribution in [-0.2, 0) is 54.9 Å². The Hall–Kier alpha value is 3.09. The van der Waals surface area contributed by atoms with Crippen LogP contribution in [0.1, 0.15) is 0 Å². The molecule has 1 radical (unpaired) electrons. The Morgan fingerprint density at radius 3 is 1.00 bits per heavy atom. The van der Waals surface area contributed by atoms with E-state index >= 15 is 0 Å². The van der Waals surface area contributed by atoms with E-state index in [9.17, 15) is 0 Å². The third-order valence-corrected chi connectivity index (χ3v) is 0. The van der Waals surface area contributed by atoms with Gasteiger partial charge in [0.2, 0.25) is 0 Å². The summed E-state index contributed by atoms with van der Waals surface area (Å²) in [4.78, 5) is 0. The standard InChI is InChI=1S/Ce.Co.Fe.W. The second kappa shape index (κ2) is 16.5. The maximum Gasteiger partial charge on any atom is 0 e. The van der Waals surface area contributed by atoms with Gasteiger partial charge >= 0.3 is 0 Å². The average Bonchev–Trinajstić information content (AvgIpc) is 0. The molecule has 0 heterocycles. The minimum Gasteiger partial charge on any atom is 0 e. The molecule has 0 bridgehead atoms. The van der Waals surface area contributed by atoms with Gasteiger partial charge in [0.1, 0.15) is 0 Å². The van der Waals surface area contributed by atoms with Crippen molar-refractivity contribution >= 4 is 0 Å². The first-order valence-electron chi connectivity index (χ1n) is 0. The molecule has 0 aromatic carbocycles. The molecule has 0 unspecified atom stereocenters. The number of hydrogen-bond donors (Lipinski definition) is 0. The Kier molecular flexibility index (Phi) is 114. The molecule has 0 aliphatic rings. The van der Waals surface area contributed by atoms with Crippen molar-refractivity contribution in [3.05, 3.63) is 0 Å². The molecule has 0 aliphatic heterocycles. The molecule has 4 heteroatoms. The molecular weight excluding hydrogens is 439 g/mol. The van der Waals surface area contributed by atoms with E-state index in [-0.39, 0.29) is 96.7 Å². The molecule has 0 aromatic heterocycles. The summed E-state index contributed by atoms with van der Waals surface area (Å²) in [7, 11) is 0. The minimum absolute atomic E-state index is 0. The van der Waals surface area contributed by atoms with E-state index in [0.29, 0.717) is 0 Å². The predicted octanol–water partition coefficient (Wildman–Crippen LogP) is -0.00750. The maximum atomic E-state index is 0. The summed E-state index contributed by atoms with van der Waals surface area (Å²) in [6.07, 6.45) is 0. The fraction of sp³-hybridized carbons (Fsp3) is 0. The number of hydrogen-bond acceptors (Lipinski definition) is 0.